The molecule has 0 radical (unpaired) electrons. The van der Waals surface area contributed by atoms with Gasteiger partial charge in [-0.15, -0.1) is 0 Å². The van der Waals surface area contributed by atoms with Crippen molar-refractivity contribution < 1.29 is 5.11 Å². The van der Waals surface area contributed by atoms with Crippen molar-refractivity contribution in [1.82, 2.24) is 0 Å². The van der Waals surface area contributed by atoms with E-state index in [-0.39, 0.29) is 0 Å². The molecule has 0 aromatic heterocycles. The number of hydrogen-bond donors (Lipinski definition) is 2. The zero-order valence-electron chi connectivity index (χ0n) is 7.39. The van der Waals surface area contributed by atoms with Crippen LogP contribution in [0.1, 0.15) is 44.9 Å². The van der Waals surface area contributed by atoms with Crippen LogP contribution in [0.2, 0.25) is 0 Å². The molecule has 0 saturated carbocycles. The minimum absolute atomic E-state index is 0.350. The average Bonchev–Trinajstić information content (AvgIpc) is 2.03. The maximum atomic E-state index is 8.49. The predicted octanol–water partition coefficient (Wildman–Crippen LogP) is 1.67. The predicted molar refractivity (Wildman–Crippen MR) is 48.5 cm³/mol. The van der Waals surface area contributed by atoms with Gasteiger partial charge < -0.3 is 10.8 Å². The quantitative estimate of drug-likeness (QED) is 0.529. The molecule has 0 heterocycles. The fourth-order valence-corrected chi connectivity index (χ4v) is 1.14. The Morgan fingerprint density at radius 3 is 1.64 bits per heavy atom. The molecule has 2 heteroatoms. The summed E-state index contributed by atoms with van der Waals surface area (Å²) in [6, 6.07) is 0. The number of rotatable bonds is 8. The lowest BCUT2D eigenvalue weighted by Gasteiger charge is -1.98. The summed E-state index contributed by atoms with van der Waals surface area (Å²) < 4.78 is 0. The second kappa shape index (κ2) is 9.92. The zero-order valence-corrected chi connectivity index (χ0v) is 7.39. The molecule has 0 aliphatic rings. The van der Waals surface area contributed by atoms with E-state index in [0.29, 0.717) is 6.61 Å². The van der Waals surface area contributed by atoms with E-state index in [0.717, 1.165) is 13.0 Å². The van der Waals surface area contributed by atoms with Crippen LogP contribution in [0, 0.1) is 0 Å². The van der Waals surface area contributed by atoms with Gasteiger partial charge in [-0.3, -0.25) is 0 Å². The second-order valence-electron chi connectivity index (χ2n) is 2.99. The molecule has 0 aliphatic carbocycles. The van der Waals surface area contributed by atoms with Gasteiger partial charge in [0.05, 0.1) is 0 Å². The van der Waals surface area contributed by atoms with Crippen LogP contribution in [0.4, 0.5) is 0 Å². The SMILES string of the molecule is NCCCCCCCCCO. The van der Waals surface area contributed by atoms with Gasteiger partial charge in [0.25, 0.3) is 0 Å². The number of aliphatic hydroxyl groups excluding tert-OH is 1. The van der Waals surface area contributed by atoms with Crippen LogP contribution in [0.5, 0.6) is 0 Å². The molecule has 2 nitrogen and oxygen atoms in total. The van der Waals surface area contributed by atoms with Gasteiger partial charge in [-0.2, -0.15) is 0 Å². The maximum Gasteiger partial charge on any atom is 0.0431 e. The number of aliphatic hydroxyl groups is 1. The highest BCUT2D eigenvalue weighted by Gasteiger charge is 1.89. The van der Waals surface area contributed by atoms with E-state index >= 15 is 0 Å². The number of nitrogens with two attached hydrogens (primary N) is 1. The third-order valence-corrected chi connectivity index (χ3v) is 1.86. The molecule has 0 aliphatic heterocycles. The summed E-state index contributed by atoms with van der Waals surface area (Å²) >= 11 is 0. The lowest BCUT2D eigenvalue weighted by molar-refractivity contribution is 0.282. The normalized spacial score (nSPS) is 10.4. The fraction of sp³-hybridized carbons (Fsp3) is 1.00. The molecule has 0 amide bonds. The zero-order chi connectivity index (χ0) is 8.36. The molecule has 11 heavy (non-hydrogen) atoms. The molecule has 0 spiro atoms. The Morgan fingerprint density at radius 2 is 1.18 bits per heavy atom. The van der Waals surface area contributed by atoms with Crippen molar-refractivity contribution in [2.24, 2.45) is 5.73 Å². The summed E-state index contributed by atoms with van der Waals surface area (Å²) in [7, 11) is 0. The molecule has 0 aromatic carbocycles. The van der Waals surface area contributed by atoms with Crippen LogP contribution in [0.3, 0.4) is 0 Å². The largest absolute Gasteiger partial charge is 0.396 e. The van der Waals surface area contributed by atoms with E-state index in [4.69, 9.17) is 10.8 Å². The molecule has 0 saturated heterocycles. The van der Waals surface area contributed by atoms with Crippen LogP contribution < -0.4 is 5.73 Å². The van der Waals surface area contributed by atoms with Gasteiger partial charge in [0, 0.05) is 6.61 Å². The van der Waals surface area contributed by atoms with Crippen molar-refractivity contribution in [3.05, 3.63) is 0 Å². The van der Waals surface area contributed by atoms with Crippen LogP contribution in [-0.4, -0.2) is 18.3 Å². The van der Waals surface area contributed by atoms with E-state index in [2.05, 4.69) is 0 Å². The van der Waals surface area contributed by atoms with E-state index in [1.165, 1.54) is 38.5 Å². The Balaban J connectivity index is 2.69. The summed E-state index contributed by atoms with van der Waals surface area (Å²) in [6.07, 6.45) is 8.47. The minimum Gasteiger partial charge on any atom is -0.396 e. The van der Waals surface area contributed by atoms with Gasteiger partial charge in [0.15, 0.2) is 0 Å². The van der Waals surface area contributed by atoms with Crippen LogP contribution in [0.15, 0.2) is 0 Å². The van der Waals surface area contributed by atoms with Crippen molar-refractivity contribution in [1.29, 1.82) is 0 Å². The first kappa shape index (κ1) is 10.9. The Morgan fingerprint density at radius 1 is 0.727 bits per heavy atom. The number of unbranched alkanes of at least 4 members (excludes halogenated alkanes) is 6. The van der Waals surface area contributed by atoms with Gasteiger partial charge in [-0.25, -0.2) is 0 Å². The Kier molecular flexibility index (Phi) is 9.85. The van der Waals surface area contributed by atoms with Gasteiger partial charge in [-0.05, 0) is 19.4 Å². The van der Waals surface area contributed by atoms with Gasteiger partial charge in [0.2, 0.25) is 0 Å². The summed E-state index contributed by atoms with van der Waals surface area (Å²) in [5.41, 5.74) is 5.36. The standard InChI is InChI=1S/C9H21NO/c10-8-6-4-2-1-3-5-7-9-11/h11H,1-10H2. The third-order valence-electron chi connectivity index (χ3n) is 1.86. The van der Waals surface area contributed by atoms with E-state index in [9.17, 15) is 0 Å². The van der Waals surface area contributed by atoms with E-state index < -0.39 is 0 Å². The van der Waals surface area contributed by atoms with E-state index in [1.807, 2.05) is 0 Å². The molecule has 3 N–H and O–H groups in total. The van der Waals surface area contributed by atoms with Crippen LogP contribution in [0.25, 0.3) is 0 Å². The lowest BCUT2D eigenvalue weighted by atomic mass is 10.1. The van der Waals surface area contributed by atoms with Crippen LogP contribution >= 0.6 is 0 Å². The van der Waals surface area contributed by atoms with Crippen molar-refractivity contribution in [2.75, 3.05) is 13.2 Å². The van der Waals surface area contributed by atoms with E-state index in [1.54, 1.807) is 0 Å². The van der Waals surface area contributed by atoms with Crippen molar-refractivity contribution >= 4 is 0 Å². The third kappa shape index (κ3) is 9.92. The van der Waals surface area contributed by atoms with Gasteiger partial charge >= 0.3 is 0 Å². The molecular formula is C9H21NO. The monoisotopic (exact) mass is 159 g/mol. The summed E-state index contributed by atoms with van der Waals surface area (Å²) in [5.74, 6) is 0. The number of hydrogen-bond acceptors (Lipinski definition) is 2. The summed E-state index contributed by atoms with van der Waals surface area (Å²) in [6.45, 7) is 1.18. The Labute approximate surface area is 69.8 Å². The maximum absolute atomic E-state index is 8.49. The highest BCUT2D eigenvalue weighted by molar-refractivity contribution is 4.45. The lowest BCUT2D eigenvalue weighted by Crippen LogP contribution is -1.97. The highest BCUT2D eigenvalue weighted by atomic mass is 16.2. The molecule has 0 unspecified atom stereocenters. The van der Waals surface area contributed by atoms with Gasteiger partial charge in [0.1, 0.15) is 0 Å². The molecule has 0 bridgehead atoms. The average molecular weight is 159 g/mol. The van der Waals surface area contributed by atoms with Crippen molar-refractivity contribution in [3.8, 4) is 0 Å². The van der Waals surface area contributed by atoms with Crippen LogP contribution in [-0.2, 0) is 0 Å². The molecule has 0 atom stereocenters. The topological polar surface area (TPSA) is 46.2 Å². The summed E-state index contributed by atoms with van der Waals surface area (Å²) in [5, 5.41) is 8.49. The molecule has 0 aromatic rings. The minimum atomic E-state index is 0.350. The molecule has 0 rings (SSSR count). The smallest absolute Gasteiger partial charge is 0.0431 e. The van der Waals surface area contributed by atoms with Crippen molar-refractivity contribution in [3.63, 3.8) is 0 Å². The summed E-state index contributed by atoms with van der Waals surface area (Å²) in [4.78, 5) is 0. The first-order valence-corrected chi connectivity index (χ1v) is 4.72. The molecule has 0 fully saturated rings. The van der Waals surface area contributed by atoms with Crippen molar-refractivity contribution in [2.45, 2.75) is 44.9 Å². The molecule has 68 valence electrons. The molecular weight excluding hydrogens is 138 g/mol. The Bertz CT molecular complexity index is 58.6. The first-order chi connectivity index (χ1) is 5.41. The second-order valence-corrected chi connectivity index (χ2v) is 2.99. The fourth-order valence-electron chi connectivity index (χ4n) is 1.14. The first-order valence-electron chi connectivity index (χ1n) is 4.72. The van der Waals surface area contributed by atoms with Gasteiger partial charge in [-0.1, -0.05) is 32.1 Å². The Hall–Kier alpha value is -0.0800. The highest BCUT2D eigenvalue weighted by Crippen LogP contribution is 2.05.